The van der Waals surface area contributed by atoms with Crippen molar-refractivity contribution in [2.75, 3.05) is 6.54 Å². The number of aryl methyl sites for hydroxylation is 1. The van der Waals surface area contributed by atoms with Crippen molar-refractivity contribution in [1.29, 1.82) is 0 Å². The number of nitrogens with one attached hydrogen (secondary N) is 1. The highest BCUT2D eigenvalue weighted by atomic mass is 16.1. The van der Waals surface area contributed by atoms with Crippen molar-refractivity contribution in [3.8, 4) is 0 Å². The highest BCUT2D eigenvalue weighted by Gasteiger charge is 2.08. The molecule has 0 amide bonds. The first-order valence-electron chi connectivity index (χ1n) is 6.25. The molecule has 0 aliphatic heterocycles. The van der Waals surface area contributed by atoms with E-state index in [1.807, 2.05) is 6.20 Å². The van der Waals surface area contributed by atoms with E-state index >= 15 is 0 Å². The molecule has 0 atom stereocenters. The molecule has 0 unspecified atom stereocenters. The zero-order valence-electron chi connectivity index (χ0n) is 11.2. The minimum Gasteiger partial charge on any atom is -0.312 e. The van der Waals surface area contributed by atoms with Gasteiger partial charge in [0, 0.05) is 24.5 Å². The summed E-state index contributed by atoms with van der Waals surface area (Å²) in [5.74, 6) is 0. The van der Waals surface area contributed by atoms with Gasteiger partial charge in [-0.2, -0.15) is 5.10 Å². The van der Waals surface area contributed by atoms with E-state index in [4.69, 9.17) is 0 Å². The maximum atomic E-state index is 12.1. The molecule has 2 heterocycles. The number of rotatable bonds is 4. The Morgan fingerprint density at radius 1 is 1.33 bits per heavy atom. The topological polar surface area (TPSA) is 51.3 Å². The predicted molar refractivity (Wildman–Crippen MR) is 71.8 cm³/mol. The maximum absolute atomic E-state index is 12.1. The smallest absolute Gasteiger partial charge is 0.276 e. The van der Waals surface area contributed by atoms with Gasteiger partial charge in [0.05, 0.1) is 6.20 Å². The van der Waals surface area contributed by atoms with Gasteiger partial charge in [-0.05, 0) is 39.8 Å². The molecule has 0 radical (unpaired) electrons. The summed E-state index contributed by atoms with van der Waals surface area (Å²) < 4.78 is 3.34. The van der Waals surface area contributed by atoms with Crippen molar-refractivity contribution < 1.29 is 0 Å². The monoisotopic (exact) mass is 248 g/mol. The van der Waals surface area contributed by atoms with Crippen LogP contribution in [-0.4, -0.2) is 26.3 Å². The summed E-state index contributed by atoms with van der Waals surface area (Å²) in [6.07, 6.45) is 6.18. The fourth-order valence-electron chi connectivity index (χ4n) is 1.85. The number of aromatic nitrogens is 3. The molecule has 0 aliphatic rings. The lowest BCUT2D eigenvalue weighted by molar-refractivity contribution is 0.412. The summed E-state index contributed by atoms with van der Waals surface area (Å²) in [6, 6.07) is 1.74. The minimum atomic E-state index is 0.0192. The van der Waals surface area contributed by atoms with E-state index in [1.165, 1.54) is 0 Å². The van der Waals surface area contributed by atoms with Gasteiger partial charge in [0.15, 0.2) is 0 Å². The van der Waals surface area contributed by atoms with Gasteiger partial charge in [-0.15, -0.1) is 0 Å². The Bertz CT molecular complexity index is 576. The number of hydrogen-bond donors (Lipinski definition) is 1. The summed E-state index contributed by atoms with van der Waals surface area (Å²) in [5.41, 5.74) is 0.771. The van der Waals surface area contributed by atoms with E-state index in [0.717, 1.165) is 19.5 Å². The first-order chi connectivity index (χ1) is 8.47. The molecule has 0 saturated carbocycles. The van der Waals surface area contributed by atoms with Gasteiger partial charge in [0.2, 0.25) is 0 Å². The second kappa shape index (κ2) is 4.94. The van der Waals surface area contributed by atoms with Gasteiger partial charge in [-0.25, -0.2) is 4.52 Å². The van der Waals surface area contributed by atoms with Gasteiger partial charge in [0.1, 0.15) is 5.52 Å². The second-order valence-corrected chi connectivity index (χ2v) is 5.49. The summed E-state index contributed by atoms with van der Waals surface area (Å²) in [5, 5.41) is 7.45. The largest absolute Gasteiger partial charge is 0.312 e. The van der Waals surface area contributed by atoms with Gasteiger partial charge >= 0.3 is 0 Å². The summed E-state index contributed by atoms with van der Waals surface area (Å²) in [6.45, 7) is 8.04. The first-order valence-corrected chi connectivity index (χ1v) is 6.25. The second-order valence-electron chi connectivity index (χ2n) is 5.49. The lowest BCUT2D eigenvalue weighted by Gasteiger charge is -2.20. The van der Waals surface area contributed by atoms with E-state index in [0.29, 0.717) is 5.52 Å². The molecule has 98 valence electrons. The van der Waals surface area contributed by atoms with Crippen LogP contribution in [-0.2, 0) is 6.54 Å². The Balaban J connectivity index is 2.00. The third-order valence-electron chi connectivity index (χ3n) is 2.77. The van der Waals surface area contributed by atoms with Crippen LogP contribution in [0.2, 0.25) is 0 Å². The molecular weight excluding hydrogens is 228 g/mol. The number of nitrogens with zero attached hydrogens (tertiary/aromatic N) is 3. The SMILES string of the molecule is CC(C)(C)NCCCn1ccn2nccc2c1=O. The van der Waals surface area contributed by atoms with Crippen LogP contribution in [0.25, 0.3) is 5.52 Å². The fourth-order valence-corrected chi connectivity index (χ4v) is 1.85. The Kier molecular flexibility index (Phi) is 3.52. The molecule has 18 heavy (non-hydrogen) atoms. The number of fused-ring (bicyclic) bond motifs is 1. The molecule has 2 aromatic heterocycles. The Morgan fingerprint density at radius 3 is 2.83 bits per heavy atom. The predicted octanol–water partition coefficient (Wildman–Crippen LogP) is 1.27. The van der Waals surface area contributed by atoms with Crippen molar-refractivity contribution >= 4 is 5.52 Å². The summed E-state index contributed by atoms with van der Waals surface area (Å²) >= 11 is 0. The molecule has 1 N–H and O–H groups in total. The highest BCUT2D eigenvalue weighted by molar-refractivity contribution is 5.42. The Morgan fingerprint density at radius 2 is 2.11 bits per heavy atom. The van der Waals surface area contributed by atoms with Gasteiger partial charge in [-0.3, -0.25) is 4.79 Å². The lowest BCUT2D eigenvalue weighted by Crippen LogP contribution is -2.37. The van der Waals surface area contributed by atoms with E-state index in [1.54, 1.807) is 27.5 Å². The molecular formula is C13H20N4O. The molecule has 2 aromatic rings. The molecule has 5 nitrogen and oxygen atoms in total. The van der Waals surface area contributed by atoms with Crippen molar-refractivity contribution in [3.63, 3.8) is 0 Å². The molecule has 0 fully saturated rings. The minimum absolute atomic E-state index is 0.0192. The van der Waals surface area contributed by atoms with Crippen molar-refractivity contribution in [1.82, 2.24) is 19.5 Å². The van der Waals surface area contributed by atoms with E-state index in [9.17, 15) is 4.79 Å². The van der Waals surface area contributed by atoms with Gasteiger partial charge < -0.3 is 9.88 Å². The van der Waals surface area contributed by atoms with Crippen LogP contribution >= 0.6 is 0 Å². The van der Waals surface area contributed by atoms with Crippen molar-refractivity contribution in [3.05, 3.63) is 35.0 Å². The molecule has 0 saturated heterocycles. The maximum Gasteiger partial charge on any atom is 0.276 e. The number of hydrogen-bond acceptors (Lipinski definition) is 3. The fraction of sp³-hybridized carbons (Fsp3) is 0.538. The van der Waals surface area contributed by atoms with E-state index in [2.05, 4.69) is 31.2 Å². The van der Waals surface area contributed by atoms with Crippen LogP contribution in [0, 0.1) is 0 Å². The van der Waals surface area contributed by atoms with Crippen LogP contribution < -0.4 is 10.9 Å². The molecule has 0 aliphatic carbocycles. The van der Waals surface area contributed by atoms with Crippen molar-refractivity contribution in [2.45, 2.75) is 39.3 Å². The van der Waals surface area contributed by atoms with E-state index in [-0.39, 0.29) is 11.1 Å². The first kappa shape index (κ1) is 12.8. The Labute approximate surface area is 106 Å². The van der Waals surface area contributed by atoms with E-state index < -0.39 is 0 Å². The third kappa shape index (κ3) is 2.98. The van der Waals surface area contributed by atoms with Crippen LogP contribution in [0.3, 0.4) is 0 Å². The van der Waals surface area contributed by atoms with Crippen LogP contribution in [0.5, 0.6) is 0 Å². The molecule has 5 heteroatoms. The standard InChI is InChI=1S/C13H20N4O/c1-13(2,3)14-6-4-8-16-9-10-17-11(12(16)18)5-7-15-17/h5,7,9-10,14H,4,6,8H2,1-3H3. The van der Waals surface area contributed by atoms with Gasteiger partial charge in [0.25, 0.3) is 5.56 Å². The van der Waals surface area contributed by atoms with Crippen LogP contribution in [0.1, 0.15) is 27.2 Å². The summed E-state index contributed by atoms with van der Waals surface area (Å²) in [4.78, 5) is 12.1. The zero-order valence-corrected chi connectivity index (χ0v) is 11.2. The normalized spacial score (nSPS) is 12.2. The molecule has 0 aromatic carbocycles. The van der Waals surface area contributed by atoms with Crippen LogP contribution in [0.15, 0.2) is 29.5 Å². The van der Waals surface area contributed by atoms with Crippen molar-refractivity contribution in [2.24, 2.45) is 0 Å². The zero-order chi connectivity index (χ0) is 13.2. The van der Waals surface area contributed by atoms with Gasteiger partial charge in [-0.1, -0.05) is 0 Å². The quantitative estimate of drug-likeness (QED) is 0.829. The molecule has 0 bridgehead atoms. The van der Waals surface area contributed by atoms with Crippen LogP contribution in [0.4, 0.5) is 0 Å². The lowest BCUT2D eigenvalue weighted by atomic mass is 10.1. The third-order valence-corrected chi connectivity index (χ3v) is 2.77. The average molecular weight is 248 g/mol. The molecule has 2 rings (SSSR count). The summed E-state index contributed by atoms with van der Waals surface area (Å²) in [7, 11) is 0. The molecule has 0 spiro atoms. The average Bonchev–Trinajstić information content (AvgIpc) is 2.74. The highest BCUT2D eigenvalue weighted by Crippen LogP contribution is 1.99. The Hall–Kier alpha value is -1.62.